The summed E-state index contributed by atoms with van der Waals surface area (Å²) in [4.78, 5) is 4.32. The van der Waals surface area contributed by atoms with Gasteiger partial charge in [0.05, 0.1) is 6.10 Å². The Balaban J connectivity index is 2.03. The summed E-state index contributed by atoms with van der Waals surface area (Å²) in [6, 6.07) is 0.338. The van der Waals surface area contributed by atoms with Gasteiger partial charge in [-0.15, -0.1) is 0 Å². The van der Waals surface area contributed by atoms with E-state index in [1.165, 1.54) is 12.8 Å². The molecule has 0 radical (unpaired) electrons. The van der Waals surface area contributed by atoms with Crippen molar-refractivity contribution in [2.45, 2.75) is 45.3 Å². The van der Waals surface area contributed by atoms with Gasteiger partial charge >= 0.3 is 0 Å². The van der Waals surface area contributed by atoms with Crippen LogP contribution in [0.4, 0.5) is 0 Å². The third kappa shape index (κ3) is 3.29. The van der Waals surface area contributed by atoms with E-state index >= 15 is 0 Å². The fourth-order valence-corrected chi connectivity index (χ4v) is 2.47. The molecule has 5 heteroatoms. The van der Waals surface area contributed by atoms with Crippen molar-refractivity contribution in [1.82, 2.24) is 20.1 Å². The van der Waals surface area contributed by atoms with Crippen LogP contribution in [0.2, 0.25) is 0 Å². The van der Waals surface area contributed by atoms with Crippen molar-refractivity contribution >= 4 is 0 Å². The van der Waals surface area contributed by atoms with Crippen molar-refractivity contribution in [3.63, 3.8) is 0 Å². The van der Waals surface area contributed by atoms with Crippen LogP contribution < -0.4 is 5.32 Å². The number of likely N-dealkylation sites (N-methyl/N-ethyl adjacent to an activating group) is 1. The minimum absolute atomic E-state index is 0.312. The molecule has 0 spiro atoms. The molecule has 1 N–H and O–H groups in total. The van der Waals surface area contributed by atoms with E-state index in [2.05, 4.69) is 29.2 Å². The SMILES string of the molecule is CCNC(Cc1ncnn1C)C(OCC)C1CC1. The van der Waals surface area contributed by atoms with E-state index in [1.54, 1.807) is 6.33 Å². The molecule has 0 aromatic carbocycles. The zero-order valence-electron chi connectivity index (χ0n) is 11.6. The molecular weight excluding hydrogens is 228 g/mol. The van der Waals surface area contributed by atoms with Crippen LogP contribution in [-0.4, -0.2) is 40.1 Å². The van der Waals surface area contributed by atoms with Gasteiger partial charge in [0, 0.05) is 26.1 Å². The lowest BCUT2D eigenvalue weighted by molar-refractivity contribution is 0.0189. The number of aryl methyl sites for hydroxylation is 1. The number of nitrogens with zero attached hydrogens (tertiary/aromatic N) is 3. The Hall–Kier alpha value is -0.940. The maximum atomic E-state index is 5.95. The van der Waals surface area contributed by atoms with Gasteiger partial charge in [0.25, 0.3) is 0 Å². The zero-order valence-corrected chi connectivity index (χ0v) is 11.6. The Kier molecular flexibility index (Phi) is 4.72. The van der Waals surface area contributed by atoms with E-state index in [0.29, 0.717) is 12.1 Å². The molecule has 1 saturated carbocycles. The first-order valence-electron chi connectivity index (χ1n) is 6.94. The highest BCUT2D eigenvalue weighted by Crippen LogP contribution is 2.36. The van der Waals surface area contributed by atoms with Gasteiger partial charge in [-0.2, -0.15) is 5.10 Å². The molecule has 18 heavy (non-hydrogen) atoms. The average Bonchev–Trinajstić information content (AvgIpc) is 3.11. The van der Waals surface area contributed by atoms with E-state index in [0.717, 1.165) is 31.3 Å². The Morgan fingerprint density at radius 2 is 2.28 bits per heavy atom. The molecule has 2 rings (SSSR count). The van der Waals surface area contributed by atoms with Crippen molar-refractivity contribution in [3.05, 3.63) is 12.2 Å². The van der Waals surface area contributed by atoms with Gasteiger partial charge in [0.15, 0.2) is 0 Å². The van der Waals surface area contributed by atoms with Gasteiger partial charge in [0.1, 0.15) is 12.2 Å². The molecule has 2 atom stereocenters. The second-order valence-electron chi connectivity index (χ2n) is 4.93. The van der Waals surface area contributed by atoms with Crippen LogP contribution in [0.1, 0.15) is 32.5 Å². The number of hydrogen-bond donors (Lipinski definition) is 1. The summed E-state index contributed by atoms with van der Waals surface area (Å²) in [5.74, 6) is 1.74. The molecule has 2 unspecified atom stereocenters. The van der Waals surface area contributed by atoms with Gasteiger partial charge in [-0.05, 0) is 32.2 Å². The largest absolute Gasteiger partial charge is 0.377 e. The monoisotopic (exact) mass is 252 g/mol. The summed E-state index contributed by atoms with van der Waals surface area (Å²) in [5, 5.41) is 7.68. The summed E-state index contributed by atoms with van der Waals surface area (Å²) in [6.07, 6.45) is 5.40. The minimum Gasteiger partial charge on any atom is -0.377 e. The molecule has 1 aliphatic carbocycles. The standard InChI is InChI=1S/C13H24N4O/c1-4-14-11(8-12-15-9-16-17(12)3)13(18-5-2)10-6-7-10/h9-11,13-14H,4-8H2,1-3H3. The highest BCUT2D eigenvalue weighted by Gasteiger charge is 2.37. The number of nitrogens with one attached hydrogen (secondary N) is 1. The molecule has 1 fully saturated rings. The third-order valence-electron chi connectivity index (χ3n) is 3.52. The summed E-state index contributed by atoms with van der Waals surface area (Å²) in [5.41, 5.74) is 0. The van der Waals surface area contributed by atoms with E-state index in [9.17, 15) is 0 Å². The number of aromatic nitrogens is 3. The first-order valence-corrected chi connectivity index (χ1v) is 6.94. The smallest absolute Gasteiger partial charge is 0.138 e. The van der Waals surface area contributed by atoms with Crippen LogP contribution in [0.5, 0.6) is 0 Å². The molecule has 1 aliphatic rings. The molecule has 0 saturated heterocycles. The van der Waals surface area contributed by atoms with E-state index in [1.807, 2.05) is 11.7 Å². The summed E-state index contributed by atoms with van der Waals surface area (Å²) in [7, 11) is 1.94. The number of rotatable bonds is 8. The van der Waals surface area contributed by atoms with Gasteiger partial charge in [-0.25, -0.2) is 4.98 Å². The van der Waals surface area contributed by atoms with Crippen molar-refractivity contribution in [2.24, 2.45) is 13.0 Å². The van der Waals surface area contributed by atoms with Crippen LogP contribution in [0.15, 0.2) is 6.33 Å². The summed E-state index contributed by atoms with van der Waals surface area (Å²) >= 11 is 0. The first kappa shape index (κ1) is 13.5. The number of hydrogen-bond acceptors (Lipinski definition) is 4. The van der Waals surface area contributed by atoms with E-state index in [-0.39, 0.29) is 0 Å². The zero-order chi connectivity index (χ0) is 13.0. The lowest BCUT2D eigenvalue weighted by Crippen LogP contribution is -2.44. The van der Waals surface area contributed by atoms with Crippen LogP contribution in [-0.2, 0) is 18.2 Å². The molecular formula is C13H24N4O. The maximum absolute atomic E-state index is 5.95. The third-order valence-corrected chi connectivity index (χ3v) is 3.52. The fraction of sp³-hybridized carbons (Fsp3) is 0.846. The fourth-order valence-electron chi connectivity index (χ4n) is 2.47. The van der Waals surface area contributed by atoms with Crippen LogP contribution in [0.3, 0.4) is 0 Å². The lowest BCUT2D eigenvalue weighted by atomic mass is 10.0. The minimum atomic E-state index is 0.312. The molecule has 0 amide bonds. The van der Waals surface area contributed by atoms with Crippen molar-refractivity contribution in [1.29, 1.82) is 0 Å². The Bertz CT molecular complexity index is 362. The molecule has 102 valence electrons. The van der Waals surface area contributed by atoms with Gasteiger partial charge in [-0.3, -0.25) is 4.68 Å². The predicted molar refractivity (Wildman–Crippen MR) is 70.3 cm³/mol. The van der Waals surface area contributed by atoms with Crippen molar-refractivity contribution in [2.75, 3.05) is 13.2 Å². The van der Waals surface area contributed by atoms with Crippen LogP contribution >= 0.6 is 0 Å². The molecule has 1 aromatic rings. The summed E-state index contributed by atoms with van der Waals surface area (Å²) in [6.45, 7) is 5.95. The van der Waals surface area contributed by atoms with Crippen molar-refractivity contribution < 1.29 is 4.74 Å². The van der Waals surface area contributed by atoms with E-state index < -0.39 is 0 Å². The van der Waals surface area contributed by atoms with Crippen LogP contribution in [0.25, 0.3) is 0 Å². The Labute approximate surface area is 109 Å². The Morgan fingerprint density at radius 3 is 2.78 bits per heavy atom. The topological polar surface area (TPSA) is 52.0 Å². The number of ether oxygens (including phenoxy) is 1. The Morgan fingerprint density at radius 1 is 1.50 bits per heavy atom. The molecule has 1 aromatic heterocycles. The highest BCUT2D eigenvalue weighted by molar-refractivity contribution is 4.97. The van der Waals surface area contributed by atoms with Gasteiger partial charge in [0.2, 0.25) is 0 Å². The van der Waals surface area contributed by atoms with E-state index in [4.69, 9.17) is 4.74 Å². The van der Waals surface area contributed by atoms with Crippen LogP contribution in [0, 0.1) is 5.92 Å². The second-order valence-corrected chi connectivity index (χ2v) is 4.93. The van der Waals surface area contributed by atoms with Crippen molar-refractivity contribution in [3.8, 4) is 0 Å². The van der Waals surface area contributed by atoms with Gasteiger partial charge < -0.3 is 10.1 Å². The molecule has 0 aliphatic heterocycles. The normalized spacial score (nSPS) is 18.8. The lowest BCUT2D eigenvalue weighted by Gasteiger charge is -2.27. The molecule has 1 heterocycles. The second kappa shape index (κ2) is 6.29. The highest BCUT2D eigenvalue weighted by atomic mass is 16.5. The molecule has 0 bridgehead atoms. The average molecular weight is 252 g/mol. The quantitative estimate of drug-likeness (QED) is 0.754. The molecule has 5 nitrogen and oxygen atoms in total. The maximum Gasteiger partial charge on any atom is 0.138 e. The predicted octanol–water partition coefficient (Wildman–Crippen LogP) is 1.15. The first-order chi connectivity index (χ1) is 8.76. The summed E-state index contributed by atoms with van der Waals surface area (Å²) < 4.78 is 7.80. The van der Waals surface area contributed by atoms with Gasteiger partial charge in [-0.1, -0.05) is 6.92 Å².